The van der Waals surface area contributed by atoms with E-state index in [0.717, 1.165) is 27.3 Å². The first-order valence-corrected chi connectivity index (χ1v) is 9.99. The van der Waals surface area contributed by atoms with Gasteiger partial charge >= 0.3 is 5.97 Å². The van der Waals surface area contributed by atoms with Crippen molar-refractivity contribution < 1.29 is 9.90 Å². The second kappa shape index (κ2) is 7.69. The molecular formula is C20H15N3O2S2. The summed E-state index contributed by atoms with van der Waals surface area (Å²) in [6.07, 6.45) is 9.26. The number of nitrogens with zero attached hydrogens (tertiary/aromatic N) is 3. The van der Waals surface area contributed by atoms with Crippen LogP contribution in [0.25, 0.3) is 22.8 Å². The van der Waals surface area contributed by atoms with Crippen molar-refractivity contribution in [3.05, 3.63) is 81.5 Å². The van der Waals surface area contributed by atoms with E-state index in [1.54, 1.807) is 47.5 Å². The monoisotopic (exact) mass is 393 g/mol. The summed E-state index contributed by atoms with van der Waals surface area (Å²) in [6, 6.07) is 7.36. The third-order valence-electron chi connectivity index (χ3n) is 4.07. The summed E-state index contributed by atoms with van der Waals surface area (Å²) >= 11 is 3.12. The predicted octanol–water partition coefficient (Wildman–Crippen LogP) is 5.01. The van der Waals surface area contributed by atoms with Crippen LogP contribution in [0, 0.1) is 0 Å². The molecule has 0 aliphatic rings. The molecule has 0 fully saturated rings. The van der Waals surface area contributed by atoms with Crippen molar-refractivity contribution in [2.75, 3.05) is 0 Å². The minimum atomic E-state index is -0.926. The number of carboxylic acids is 1. The average molecular weight is 393 g/mol. The third-order valence-corrected chi connectivity index (χ3v) is 5.60. The summed E-state index contributed by atoms with van der Waals surface area (Å²) < 4.78 is 1.98. The standard InChI is InChI=1S/C20H15N3O2S2/c24-20(25)17-2-1-14(10-18(17)15-3-7-26-12-15)9-16(19-22-5-8-27-19)11-23-6-4-21-13-23/h1-10,12-13H,11H2,(H,24,25)/b16-9-. The summed E-state index contributed by atoms with van der Waals surface area (Å²) in [4.78, 5) is 20.2. The average Bonchev–Trinajstić information content (AvgIpc) is 3.43. The Kier molecular flexibility index (Phi) is 4.95. The molecule has 27 heavy (non-hydrogen) atoms. The van der Waals surface area contributed by atoms with Gasteiger partial charge in [0.25, 0.3) is 0 Å². The van der Waals surface area contributed by atoms with E-state index in [9.17, 15) is 9.90 Å². The van der Waals surface area contributed by atoms with Crippen LogP contribution in [0.2, 0.25) is 0 Å². The fourth-order valence-electron chi connectivity index (χ4n) is 2.83. The van der Waals surface area contributed by atoms with Crippen LogP contribution >= 0.6 is 22.7 Å². The molecule has 134 valence electrons. The number of rotatable bonds is 6. The van der Waals surface area contributed by atoms with Crippen molar-refractivity contribution in [2.24, 2.45) is 0 Å². The molecule has 0 atom stereocenters. The molecule has 0 spiro atoms. The summed E-state index contributed by atoms with van der Waals surface area (Å²) in [6.45, 7) is 0.641. The van der Waals surface area contributed by atoms with Crippen LogP contribution < -0.4 is 0 Å². The highest BCUT2D eigenvalue weighted by molar-refractivity contribution is 7.10. The number of thiophene rings is 1. The lowest BCUT2D eigenvalue weighted by Gasteiger charge is -2.09. The molecule has 0 bridgehead atoms. The van der Waals surface area contributed by atoms with Gasteiger partial charge in [-0.1, -0.05) is 6.07 Å². The Balaban J connectivity index is 1.78. The van der Waals surface area contributed by atoms with E-state index in [1.807, 2.05) is 45.1 Å². The van der Waals surface area contributed by atoms with Gasteiger partial charge in [-0.2, -0.15) is 11.3 Å². The van der Waals surface area contributed by atoms with Crippen molar-refractivity contribution >= 4 is 40.3 Å². The quantitative estimate of drug-likeness (QED) is 0.500. The van der Waals surface area contributed by atoms with Gasteiger partial charge in [-0.15, -0.1) is 11.3 Å². The smallest absolute Gasteiger partial charge is 0.336 e. The van der Waals surface area contributed by atoms with Gasteiger partial charge in [0.05, 0.1) is 18.4 Å². The molecular weight excluding hydrogens is 378 g/mol. The number of hydrogen-bond acceptors (Lipinski definition) is 5. The van der Waals surface area contributed by atoms with Crippen LogP contribution in [0.5, 0.6) is 0 Å². The normalized spacial score (nSPS) is 11.6. The van der Waals surface area contributed by atoms with E-state index in [4.69, 9.17) is 0 Å². The minimum absolute atomic E-state index is 0.302. The SMILES string of the molecule is O=C(O)c1ccc(/C=C(/Cn2ccnc2)c2nccs2)cc1-c1ccsc1. The van der Waals surface area contributed by atoms with Gasteiger partial charge in [-0.25, -0.2) is 14.8 Å². The van der Waals surface area contributed by atoms with Crippen LogP contribution in [0.4, 0.5) is 0 Å². The molecule has 0 amide bonds. The van der Waals surface area contributed by atoms with Gasteiger partial charge in [0.2, 0.25) is 0 Å². The molecule has 5 nitrogen and oxygen atoms in total. The zero-order valence-corrected chi connectivity index (χ0v) is 15.8. The van der Waals surface area contributed by atoms with Crippen LogP contribution in [-0.4, -0.2) is 25.6 Å². The summed E-state index contributed by atoms with van der Waals surface area (Å²) in [5.74, 6) is -0.926. The maximum absolute atomic E-state index is 11.6. The Morgan fingerprint density at radius 2 is 2.15 bits per heavy atom. The van der Waals surface area contributed by atoms with E-state index < -0.39 is 5.97 Å². The Morgan fingerprint density at radius 1 is 1.22 bits per heavy atom. The third kappa shape index (κ3) is 3.89. The highest BCUT2D eigenvalue weighted by atomic mass is 32.1. The van der Waals surface area contributed by atoms with Crippen molar-refractivity contribution in [3.8, 4) is 11.1 Å². The first kappa shape index (κ1) is 17.4. The Morgan fingerprint density at radius 3 is 2.81 bits per heavy atom. The van der Waals surface area contributed by atoms with Crippen LogP contribution in [0.15, 0.2) is 65.3 Å². The van der Waals surface area contributed by atoms with Gasteiger partial charge in [-0.3, -0.25) is 0 Å². The van der Waals surface area contributed by atoms with Crippen LogP contribution in [0.1, 0.15) is 20.9 Å². The topological polar surface area (TPSA) is 68.0 Å². The molecule has 4 aromatic rings. The number of hydrogen-bond donors (Lipinski definition) is 1. The van der Waals surface area contributed by atoms with Gasteiger partial charge in [0, 0.05) is 29.5 Å². The second-order valence-electron chi connectivity index (χ2n) is 5.86. The number of aromatic carboxylic acids is 1. The molecule has 1 aromatic carbocycles. The van der Waals surface area contributed by atoms with Crippen molar-refractivity contribution in [2.45, 2.75) is 6.54 Å². The number of thiazole rings is 1. The zero-order valence-electron chi connectivity index (χ0n) is 14.1. The molecule has 0 aliphatic carbocycles. The Labute approximate surface area is 163 Å². The largest absolute Gasteiger partial charge is 0.478 e. The summed E-state index contributed by atoms with van der Waals surface area (Å²) in [7, 11) is 0. The number of aromatic nitrogens is 3. The maximum atomic E-state index is 11.6. The molecule has 4 rings (SSSR count). The lowest BCUT2D eigenvalue weighted by atomic mass is 9.98. The Hall–Kier alpha value is -3.03. The predicted molar refractivity (Wildman–Crippen MR) is 109 cm³/mol. The van der Waals surface area contributed by atoms with Crippen LogP contribution in [0.3, 0.4) is 0 Å². The van der Waals surface area contributed by atoms with Gasteiger partial charge < -0.3 is 9.67 Å². The van der Waals surface area contributed by atoms with Crippen molar-refractivity contribution in [3.63, 3.8) is 0 Å². The van der Waals surface area contributed by atoms with Crippen LogP contribution in [-0.2, 0) is 6.54 Å². The fraction of sp³-hybridized carbons (Fsp3) is 0.0500. The zero-order chi connectivity index (χ0) is 18.6. The summed E-state index contributed by atoms with van der Waals surface area (Å²) in [5, 5.41) is 16.3. The van der Waals surface area contributed by atoms with E-state index in [0.29, 0.717) is 12.1 Å². The van der Waals surface area contributed by atoms with E-state index in [-0.39, 0.29) is 0 Å². The minimum Gasteiger partial charge on any atom is -0.478 e. The number of benzene rings is 1. The van der Waals surface area contributed by atoms with E-state index in [1.165, 1.54) is 0 Å². The molecule has 0 unspecified atom stereocenters. The molecule has 0 saturated carbocycles. The lowest BCUT2D eigenvalue weighted by Crippen LogP contribution is -2.00. The highest BCUT2D eigenvalue weighted by Crippen LogP contribution is 2.29. The highest BCUT2D eigenvalue weighted by Gasteiger charge is 2.13. The summed E-state index contributed by atoms with van der Waals surface area (Å²) in [5.41, 5.74) is 3.92. The molecule has 0 aliphatic heterocycles. The van der Waals surface area contributed by atoms with Gasteiger partial charge in [0.1, 0.15) is 5.01 Å². The molecule has 3 aromatic heterocycles. The fourth-order valence-corrected chi connectivity index (χ4v) is 4.13. The number of carbonyl (C=O) groups is 1. The maximum Gasteiger partial charge on any atom is 0.336 e. The number of imidazole rings is 1. The van der Waals surface area contributed by atoms with E-state index >= 15 is 0 Å². The van der Waals surface area contributed by atoms with Gasteiger partial charge in [-0.05, 0) is 51.7 Å². The first-order chi connectivity index (χ1) is 13.2. The Bertz CT molecular complexity index is 1070. The molecule has 1 N–H and O–H groups in total. The number of carboxylic acid groups (broad SMARTS) is 1. The van der Waals surface area contributed by atoms with Gasteiger partial charge in [0.15, 0.2) is 0 Å². The lowest BCUT2D eigenvalue weighted by molar-refractivity contribution is 0.0697. The van der Waals surface area contributed by atoms with E-state index in [2.05, 4.69) is 16.0 Å². The number of allylic oxidation sites excluding steroid dienone is 1. The molecule has 3 heterocycles. The molecule has 0 saturated heterocycles. The molecule has 7 heteroatoms. The second-order valence-corrected chi connectivity index (χ2v) is 7.54. The first-order valence-electron chi connectivity index (χ1n) is 8.17. The molecule has 0 radical (unpaired) electrons. The van der Waals surface area contributed by atoms with Crippen molar-refractivity contribution in [1.82, 2.24) is 14.5 Å². The van der Waals surface area contributed by atoms with Crippen molar-refractivity contribution in [1.29, 1.82) is 0 Å².